The Kier molecular flexibility index (Phi) is 5.05. The highest BCUT2D eigenvalue weighted by atomic mass is 16.2. The Morgan fingerprint density at radius 2 is 2.00 bits per heavy atom. The average molecular weight is 363 g/mol. The molecule has 1 aliphatic heterocycles. The molecule has 1 aromatic carbocycles. The molecule has 1 aliphatic rings. The Hall–Kier alpha value is -2.89. The van der Waals surface area contributed by atoms with Gasteiger partial charge in [-0.25, -0.2) is 0 Å². The molecule has 27 heavy (non-hydrogen) atoms. The quantitative estimate of drug-likeness (QED) is 0.756. The zero-order valence-corrected chi connectivity index (χ0v) is 15.6. The maximum absolute atomic E-state index is 12.8. The van der Waals surface area contributed by atoms with Gasteiger partial charge >= 0.3 is 0 Å². The van der Waals surface area contributed by atoms with Crippen LogP contribution in [0, 0.1) is 5.92 Å². The highest BCUT2D eigenvalue weighted by Gasteiger charge is 2.28. The summed E-state index contributed by atoms with van der Waals surface area (Å²) in [4.78, 5) is 14.8. The van der Waals surface area contributed by atoms with Gasteiger partial charge in [-0.2, -0.15) is 10.2 Å². The fraction of sp³-hybridized carbons (Fsp3) is 0.381. The number of nitrogens with zero attached hydrogens (tertiary/aromatic N) is 4. The number of rotatable bonds is 5. The van der Waals surface area contributed by atoms with Crippen molar-refractivity contribution in [1.29, 1.82) is 0 Å². The van der Waals surface area contributed by atoms with Crippen molar-refractivity contribution in [3.8, 4) is 11.1 Å². The first-order valence-electron chi connectivity index (χ1n) is 9.57. The molecule has 6 heteroatoms. The second kappa shape index (κ2) is 7.78. The number of amides is 1. The van der Waals surface area contributed by atoms with Crippen LogP contribution in [0.15, 0.2) is 55.0 Å². The summed E-state index contributed by atoms with van der Waals surface area (Å²) in [5.41, 5.74) is 3.55. The molecule has 1 N–H and O–H groups in total. The third-order valence-corrected chi connectivity index (χ3v) is 5.41. The normalized spacial score (nSPS) is 16.4. The minimum absolute atomic E-state index is 0.0616. The smallest absolute Gasteiger partial charge is 0.227 e. The van der Waals surface area contributed by atoms with Gasteiger partial charge in [0.1, 0.15) is 0 Å². The molecule has 0 saturated carbocycles. The lowest BCUT2D eigenvalue weighted by molar-refractivity contribution is -0.136. The second-order valence-electron chi connectivity index (χ2n) is 7.29. The van der Waals surface area contributed by atoms with Crippen LogP contribution in [0.2, 0.25) is 0 Å². The number of carbonyl (C=O) groups is 1. The van der Waals surface area contributed by atoms with E-state index < -0.39 is 0 Å². The number of carbonyl (C=O) groups excluding carboxylic acids is 1. The standard InChI is InChI=1S/C21H25N5O/c1-16(15-26-11-5-10-23-26)21(27)25-12-8-18(9-13-25)20-19(14-22-24-20)17-6-3-2-4-7-17/h2-7,10-11,14,16,18H,8-9,12-13,15H2,1H3,(H,22,24). The summed E-state index contributed by atoms with van der Waals surface area (Å²) in [5, 5.41) is 11.7. The molecular formula is C21H25N5O. The van der Waals surface area contributed by atoms with E-state index in [-0.39, 0.29) is 11.8 Å². The molecule has 2 aromatic heterocycles. The fourth-order valence-corrected chi connectivity index (χ4v) is 3.92. The Balaban J connectivity index is 1.38. The van der Waals surface area contributed by atoms with Gasteiger partial charge in [0.25, 0.3) is 0 Å². The summed E-state index contributed by atoms with van der Waals surface area (Å²) < 4.78 is 1.83. The van der Waals surface area contributed by atoms with Crippen LogP contribution in [0.3, 0.4) is 0 Å². The van der Waals surface area contributed by atoms with Crippen molar-refractivity contribution in [1.82, 2.24) is 24.9 Å². The zero-order valence-electron chi connectivity index (χ0n) is 15.6. The van der Waals surface area contributed by atoms with Crippen molar-refractivity contribution >= 4 is 5.91 Å². The number of hydrogen-bond acceptors (Lipinski definition) is 3. The van der Waals surface area contributed by atoms with Crippen molar-refractivity contribution < 1.29 is 4.79 Å². The van der Waals surface area contributed by atoms with Gasteiger partial charge in [-0.3, -0.25) is 14.6 Å². The largest absolute Gasteiger partial charge is 0.342 e. The van der Waals surface area contributed by atoms with E-state index in [1.165, 1.54) is 16.8 Å². The van der Waals surface area contributed by atoms with Crippen molar-refractivity contribution in [3.63, 3.8) is 0 Å². The average Bonchev–Trinajstić information content (AvgIpc) is 3.40. The molecule has 0 spiro atoms. The summed E-state index contributed by atoms with van der Waals surface area (Å²) in [6.45, 7) is 4.20. The van der Waals surface area contributed by atoms with Crippen molar-refractivity contribution in [2.75, 3.05) is 13.1 Å². The van der Waals surface area contributed by atoms with E-state index in [0.717, 1.165) is 25.9 Å². The monoisotopic (exact) mass is 363 g/mol. The van der Waals surface area contributed by atoms with E-state index in [0.29, 0.717) is 12.5 Å². The second-order valence-corrected chi connectivity index (χ2v) is 7.29. The molecule has 0 bridgehead atoms. The molecule has 1 amide bonds. The molecule has 140 valence electrons. The minimum Gasteiger partial charge on any atom is -0.342 e. The van der Waals surface area contributed by atoms with Crippen molar-refractivity contribution in [2.24, 2.45) is 5.92 Å². The lowest BCUT2D eigenvalue weighted by Crippen LogP contribution is -2.41. The lowest BCUT2D eigenvalue weighted by atomic mass is 9.89. The van der Waals surface area contributed by atoms with Gasteiger partial charge in [0.2, 0.25) is 5.91 Å². The van der Waals surface area contributed by atoms with Crippen LogP contribution in [0.25, 0.3) is 11.1 Å². The van der Waals surface area contributed by atoms with Crippen LogP contribution in [0.4, 0.5) is 0 Å². The molecular weight excluding hydrogens is 338 g/mol. The predicted molar refractivity (Wildman–Crippen MR) is 104 cm³/mol. The highest BCUT2D eigenvalue weighted by Crippen LogP contribution is 2.34. The highest BCUT2D eigenvalue weighted by molar-refractivity contribution is 5.78. The summed E-state index contributed by atoms with van der Waals surface area (Å²) in [7, 11) is 0. The molecule has 4 rings (SSSR count). The molecule has 1 atom stereocenters. The van der Waals surface area contributed by atoms with Gasteiger partial charge in [0.05, 0.1) is 18.7 Å². The van der Waals surface area contributed by atoms with Gasteiger partial charge in [0.15, 0.2) is 0 Å². The van der Waals surface area contributed by atoms with Gasteiger partial charge in [-0.1, -0.05) is 37.3 Å². The molecule has 0 aliphatic carbocycles. The third kappa shape index (κ3) is 3.79. The first-order valence-corrected chi connectivity index (χ1v) is 9.57. The van der Waals surface area contributed by atoms with Crippen LogP contribution in [0.1, 0.15) is 31.4 Å². The molecule has 3 heterocycles. The van der Waals surface area contributed by atoms with Crippen LogP contribution >= 0.6 is 0 Å². The first kappa shape index (κ1) is 17.5. The molecule has 1 unspecified atom stereocenters. The maximum Gasteiger partial charge on any atom is 0.227 e. The van der Waals surface area contributed by atoms with Crippen molar-refractivity contribution in [2.45, 2.75) is 32.2 Å². The predicted octanol–water partition coefficient (Wildman–Crippen LogP) is 3.32. The Morgan fingerprint density at radius 1 is 1.22 bits per heavy atom. The van der Waals surface area contributed by atoms with E-state index in [9.17, 15) is 4.79 Å². The summed E-state index contributed by atoms with van der Waals surface area (Å²) in [5.74, 6) is 0.568. The number of hydrogen-bond donors (Lipinski definition) is 1. The fourth-order valence-electron chi connectivity index (χ4n) is 3.92. The van der Waals surface area contributed by atoms with E-state index >= 15 is 0 Å². The van der Waals surface area contributed by atoms with E-state index in [1.807, 2.05) is 53.2 Å². The zero-order chi connectivity index (χ0) is 18.6. The number of H-pyrrole nitrogens is 1. The number of likely N-dealkylation sites (tertiary alicyclic amines) is 1. The van der Waals surface area contributed by atoms with Crippen molar-refractivity contribution in [3.05, 3.63) is 60.7 Å². The first-order chi connectivity index (χ1) is 13.2. The number of aromatic nitrogens is 4. The van der Waals surface area contributed by atoms with Gasteiger partial charge in [-0.15, -0.1) is 0 Å². The minimum atomic E-state index is -0.0616. The van der Waals surface area contributed by atoms with Crippen LogP contribution in [-0.2, 0) is 11.3 Å². The third-order valence-electron chi connectivity index (χ3n) is 5.41. The summed E-state index contributed by atoms with van der Waals surface area (Å²) in [6, 6.07) is 12.2. The Bertz CT molecular complexity index is 863. The number of aromatic amines is 1. The summed E-state index contributed by atoms with van der Waals surface area (Å²) >= 11 is 0. The molecule has 6 nitrogen and oxygen atoms in total. The summed E-state index contributed by atoms with van der Waals surface area (Å²) in [6.07, 6.45) is 7.48. The molecule has 1 saturated heterocycles. The van der Waals surface area contributed by atoms with Crippen LogP contribution < -0.4 is 0 Å². The van der Waals surface area contributed by atoms with E-state index in [4.69, 9.17) is 0 Å². The number of benzene rings is 1. The van der Waals surface area contributed by atoms with E-state index in [2.05, 4.69) is 27.4 Å². The van der Waals surface area contributed by atoms with Crippen LogP contribution in [0.5, 0.6) is 0 Å². The topological polar surface area (TPSA) is 66.8 Å². The van der Waals surface area contributed by atoms with Crippen LogP contribution in [-0.4, -0.2) is 43.9 Å². The molecule has 0 radical (unpaired) electrons. The van der Waals surface area contributed by atoms with Gasteiger partial charge in [-0.05, 0) is 24.5 Å². The van der Waals surface area contributed by atoms with E-state index in [1.54, 1.807) is 6.20 Å². The Labute approximate surface area is 159 Å². The number of nitrogens with one attached hydrogen (secondary N) is 1. The Morgan fingerprint density at radius 3 is 2.70 bits per heavy atom. The maximum atomic E-state index is 12.8. The SMILES string of the molecule is CC(Cn1cccn1)C(=O)N1CCC(c2[nH]ncc2-c2ccccc2)CC1. The lowest BCUT2D eigenvalue weighted by Gasteiger charge is -2.33. The molecule has 3 aromatic rings. The van der Waals surface area contributed by atoms with Gasteiger partial charge in [0, 0.05) is 42.7 Å². The molecule has 1 fully saturated rings. The van der Waals surface area contributed by atoms with Gasteiger partial charge < -0.3 is 4.90 Å². The number of piperidine rings is 1.